The Morgan fingerprint density at radius 2 is 0.559 bits per heavy atom. The molecular formula is C96H175Cl2O24P5. The molecule has 0 radical (unpaired) electrons. The van der Waals surface area contributed by atoms with Crippen LogP contribution in [0.15, 0.2) is 214 Å². The van der Waals surface area contributed by atoms with Gasteiger partial charge in [0.25, 0.3) is 5.97 Å². The Morgan fingerprint density at radius 1 is 0.346 bits per heavy atom. The highest BCUT2D eigenvalue weighted by Crippen LogP contribution is 2.45. The maximum absolute atomic E-state index is 11.7. The molecule has 4 unspecified atom stereocenters. The van der Waals surface area contributed by atoms with Crippen molar-refractivity contribution in [1.29, 1.82) is 0 Å². The Labute approximate surface area is 784 Å². The predicted octanol–water partition coefficient (Wildman–Crippen LogP) is 27.0. The van der Waals surface area contributed by atoms with Crippen LogP contribution < -0.4 is 0 Å². The van der Waals surface area contributed by atoms with E-state index in [1.807, 2.05) is 155 Å². The van der Waals surface area contributed by atoms with E-state index in [4.69, 9.17) is 88.7 Å². The van der Waals surface area contributed by atoms with E-state index < -0.39 is 50.1 Å². The van der Waals surface area contributed by atoms with Gasteiger partial charge in [-0.25, -0.2) is 0 Å². The number of carboxylic acid groups (broad SMARTS) is 1. The van der Waals surface area contributed by atoms with Crippen molar-refractivity contribution in [2.45, 2.75) is 193 Å². The topological polar surface area (TPSA) is 303 Å². The van der Waals surface area contributed by atoms with Crippen LogP contribution in [0.25, 0.3) is 0 Å². The van der Waals surface area contributed by atoms with Crippen molar-refractivity contribution in [2.75, 3.05) is 166 Å². The molecule has 0 aliphatic rings. The van der Waals surface area contributed by atoms with Gasteiger partial charge in [-0.2, -0.15) is 0 Å². The molecule has 127 heavy (non-hydrogen) atoms. The average Bonchev–Trinajstić information content (AvgIpc) is 0.919. The van der Waals surface area contributed by atoms with Crippen LogP contribution in [0.3, 0.4) is 0 Å². The number of hydrogen-bond donors (Lipinski definition) is 1. The molecule has 0 aromatic heterocycles. The Morgan fingerprint density at radius 3 is 0.724 bits per heavy atom. The lowest BCUT2D eigenvalue weighted by Crippen LogP contribution is -2.21. The summed E-state index contributed by atoms with van der Waals surface area (Å²) in [6.45, 7) is 55.5. The number of alkyl halides is 2. The second kappa shape index (κ2) is 106. The highest BCUT2D eigenvalue weighted by molar-refractivity contribution is 7.59. The first-order valence-corrected chi connectivity index (χ1v) is 52.4. The summed E-state index contributed by atoms with van der Waals surface area (Å²) in [7, 11) is 2.07. The zero-order valence-corrected chi connectivity index (χ0v) is 88.9. The number of hydrogen-bond acceptors (Lipinski definition) is 23. The minimum atomic E-state index is -2.51. The lowest BCUT2D eigenvalue weighted by molar-refractivity contribution is -0.154. The second-order valence-electron chi connectivity index (χ2n) is 27.2. The van der Waals surface area contributed by atoms with Gasteiger partial charge in [0.05, 0.1) is 65.4 Å². The molecule has 4 atom stereocenters. The maximum atomic E-state index is 11.7. The molecule has 0 aromatic carbocycles. The predicted molar refractivity (Wildman–Crippen MR) is 547 cm³/mol. The standard InChI is InChI=1S/2C14H24O2.2C10H22O4P2.C10H14O2.C10H12O2.C10H16O.C5H10O3.C5H13O2P.C4H6Cl2.C2H4O2.2CH4/c2*1-11(2)12(3)9-7-8-10-13(4)14(15-5)16-6;2*1-5-13-15(3,11)9-7-8-10-16(4,12)14-6-2;1-9(8-11)6-4-5-7-10(2)12-3;1-9(7-11)5-3-4-6-10(2)8-12;1-9(2)7-5-6-8-10(3)11-4;1-4(6)5(7-2)8-3;1-4-6-8(3)7-5-2;5-3-1-2-4-6;1-2(3)4;;/h2*7-11,14H,1-6H3;2*7-8H,5-6,9-10H2,1-4H3;4-8H,1-3H3;3-8H,1-2H3;5-8H,1-4H3;5H,1-3H3;4-5H2,1-3H3;1-2H,3-4H2;1H3,(H,3,4);2*1H4/b8-7+,12-9?,13-10?;8-7+,12-9+,13-10+;2*8-7+;5-4+,9-6+,10-7+;4-3+,9-5-,10-6-;6-5+,10-8+;;;2-1+;;;. The number of methoxy groups -OCH3 is 8. The summed E-state index contributed by atoms with van der Waals surface area (Å²) in [5, 5.41) is 7.42. The SMILES string of the molecule is C.C.C/C(C=O)=C/C=C/C=C(/C)C=O.CC(=O)O.CCOP(C)(=O)C/C=C/CP(C)(=O)OCC.CCOP(C)(=O)C/C=C/CP(C)(=O)OCC.CCOP(C)OCC.CO/C(C)=C/C=C/C=C(C)C.CO/C(C)=C/C=C/C=C(\C)C=O.COC(OC)/C(C)=C/C=C/C=C(\C)C(C)C.COC(OC)C(C)=C/C=C/C=C(C)C(C)C.COC(OC)C(C)=O.ClC/C=C/CCl. The summed E-state index contributed by atoms with van der Waals surface area (Å²) >= 11 is 10.5. The van der Waals surface area contributed by atoms with Crippen LogP contribution in [0.4, 0.5) is 0 Å². The van der Waals surface area contributed by atoms with Crippen LogP contribution in [-0.2, 0) is 107 Å². The quantitative estimate of drug-likeness (QED) is 0.00865. The van der Waals surface area contributed by atoms with Gasteiger partial charge >= 0.3 is 0 Å². The molecule has 0 aromatic rings. The Kier molecular flexibility index (Phi) is 125. The van der Waals surface area contributed by atoms with Gasteiger partial charge in [-0.15, -0.1) is 23.2 Å². The first kappa shape index (κ1) is 150. The van der Waals surface area contributed by atoms with Crippen molar-refractivity contribution in [3.8, 4) is 0 Å². The summed E-state index contributed by atoms with van der Waals surface area (Å²) in [6, 6.07) is 0. The van der Waals surface area contributed by atoms with E-state index in [1.165, 1.54) is 37.9 Å². The molecule has 0 rings (SSSR count). The molecule has 0 saturated carbocycles. The van der Waals surface area contributed by atoms with Crippen molar-refractivity contribution in [3.63, 3.8) is 0 Å². The number of carbonyl (C=O) groups is 5. The van der Waals surface area contributed by atoms with E-state index in [-0.39, 0.29) is 33.2 Å². The molecule has 1 N–H and O–H groups in total. The van der Waals surface area contributed by atoms with E-state index in [0.29, 0.717) is 91.4 Å². The Hall–Kier alpha value is -5.48. The summed E-state index contributed by atoms with van der Waals surface area (Å²) in [5.74, 6) is 3.13. The van der Waals surface area contributed by atoms with Gasteiger partial charge in [0, 0.05) is 119 Å². The lowest BCUT2D eigenvalue weighted by Gasteiger charge is -2.12. The van der Waals surface area contributed by atoms with Crippen molar-refractivity contribution in [3.05, 3.63) is 214 Å². The molecule has 0 aliphatic carbocycles. The summed E-state index contributed by atoms with van der Waals surface area (Å²) in [4.78, 5) is 49.7. The minimum Gasteiger partial charge on any atom is -0.501 e. The smallest absolute Gasteiger partial charge is 0.300 e. The molecule has 0 bridgehead atoms. The van der Waals surface area contributed by atoms with Gasteiger partial charge in [-0.3, -0.25) is 42.2 Å². The zero-order valence-electron chi connectivity index (χ0n) is 82.9. The van der Waals surface area contributed by atoms with E-state index in [2.05, 4.69) is 83.1 Å². The first-order valence-electron chi connectivity index (χ1n) is 40.7. The fourth-order valence-electron chi connectivity index (χ4n) is 7.14. The fraction of sp³-hybridized carbons (Fsp3) is 0.573. The van der Waals surface area contributed by atoms with Gasteiger partial charge in [0.1, 0.15) is 18.9 Å². The van der Waals surface area contributed by atoms with Gasteiger partial charge in [0.15, 0.2) is 26.7 Å². The molecular weight excluding hydrogens is 1760 g/mol. The van der Waals surface area contributed by atoms with Crippen LogP contribution in [0.5, 0.6) is 0 Å². The third kappa shape index (κ3) is 129. The Balaban J connectivity index is -0.000000104. The van der Waals surface area contributed by atoms with Crippen LogP contribution in [-0.4, -0.2) is 221 Å². The van der Waals surface area contributed by atoms with Crippen molar-refractivity contribution < 1.29 is 112 Å². The lowest BCUT2D eigenvalue weighted by atomic mass is 10.1. The molecule has 31 heteroatoms. The second-order valence-corrected chi connectivity index (χ2v) is 39.8. The summed E-state index contributed by atoms with van der Waals surface area (Å²) < 4.78 is 117. The van der Waals surface area contributed by atoms with Crippen molar-refractivity contribution >= 4 is 91.7 Å². The molecule has 0 aliphatic heterocycles. The molecule has 24 nitrogen and oxygen atoms in total. The van der Waals surface area contributed by atoms with Crippen LogP contribution in [0, 0.1) is 11.8 Å². The fourth-order valence-corrected chi connectivity index (χ4v) is 12.9. The third-order valence-electron chi connectivity index (χ3n) is 14.2. The molecule has 0 fully saturated rings. The molecule has 0 heterocycles. The number of allylic oxidation sites excluding steroid dienone is 34. The molecule has 742 valence electrons. The first-order chi connectivity index (χ1) is 58.4. The monoisotopic (exact) mass is 1940 g/mol. The number of Topliss-reactive ketones (excluding diaryl/α,β-unsaturated/α-hetero) is 1. The summed E-state index contributed by atoms with van der Waals surface area (Å²) in [5.41, 5.74) is 8.16. The minimum absolute atomic E-state index is 0. The van der Waals surface area contributed by atoms with Gasteiger partial charge in [-0.1, -0.05) is 205 Å². The Bertz CT molecular complexity index is 3280. The molecule has 0 amide bonds. The highest BCUT2D eigenvalue weighted by Gasteiger charge is 2.17. The third-order valence-corrected chi connectivity index (χ3v) is 22.5. The van der Waals surface area contributed by atoms with E-state index in [0.717, 1.165) is 61.7 Å². The largest absolute Gasteiger partial charge is 0.501 e. The zero-order chi connectivity index (χ0) is 99.3. The van der Waals surface area contributed by atoms with E-state index in [1.54, 1.807) is 151 Å². The van der Waals surface area contributed by atoms with Crippen LogP contribution >= 0.6 is 61.1 Å². The van der Waals surface area contributed by atoms with Gasteiger partial charge in [0.2, 0.25) is 35.8 Å². The van der Waals surface area contributed by atoms with Crippen LogP contribution in [0.2, 0.25) is 0 Å². The number of aldehydes is 3. The van der Waals surface area contributed by atoms with Gasteiger partial charge < -0.3 is 70.1 Å². The van der Waals surface area contributed by atoms with E-state index in [9.17, 15) is 37.4 Å². The van der Waals surface area contributed by atoms with Crippen molar-refractivity contribution in [2.24, 2.45) is 11.8 Å². The number of ether oxygens (including phenoxy) is 8. The van der Waals surface area contributed by atoms with Crippen molar-refractivity contribution in [1.82, 2.24) is 0 Å². The number of carbonyl (C=O) groups excluding carboxylic acids is 4. The van der Waals surface area contributed by atoms with Gasteiger partial charge in [-0.05, 0) is 176 Å². The maximum Gasteiger partial charge on any atom is 0.300 e. The number of rotatable bonds is 48. The van der Waals surface area contributed by atoms with E-state index >= 15 is 0 Å². The normalized spacial score (nSPS) is 14.1. The average molecular weight is 1940 g/mol. The molecule has 0 spiro atoms. The number of ketones is 1. The summed E-state index contributed by atoms with van der Waals surface area (Å²) in [6.07, 6.45) is 51.7. The molecule has 0 saturated heterocycles. The highest BCUT2D eigenvalue weighted by atomic mass is 35.5. The number of aliphatic carboxylic acids is 1. The number of carboxylic acids is 1. The number of halogens is 2. The van der Waals surface area contributed by atoms with Crippen LogP contribution in [0.1, 0.15) is 174 Å².